The lowest BCUT2D eigenvalue weighted by Gasteiger charge is -2.41. The third kappa shape index (κ3) is 6.07. The van der Waals surface area contributed by atoms with Gasteiger partial charge in [0, 0.05) is 38.0 Å². The van der Waals surface area contributed by atoms with E-state index in [0.717, 1.165) is 6.42 Å². The molecule has 0 spiro atoms. The summed E-state index contributed by atoms with van der Waals surface area (Å²) in [5, 5.41) is 8.17. The van der Waals surface area contributed by atoms with Gasteiger partial charge >= 0.3 is 6.03 Å². The van der Waals surface area contributed by atoms with Crippen LogP contribution in [0.1, 0.15) is 30.1 Å². The Morgan fingerprint density at radius 1 is 1.15 bits per heavy atom. The molecule has 2 saturated heterocycles. The van der Waals surface area contributed by atoms with Crippen LogP contribution < -0.4 is 16.0 Å². The Kier molecular flexibility index (Phi) is 7.99. The summed E-state index contributed by atoms with van der Waals surface area (Å²) >= 11 is 0. The maximum Gasteiger partial charge on any atom is 0.321 e. The van der Waals surface area contributed by atoms with Crippen molar-refractivity contribution in [2.75, 3.05) is 45.2 Å². The zero-order chi connectivity index (χ0) is 24.0. The van der Waals surface area contributed by atoms with Gasteiger partial charge in [-0.15, -0.1) is 0 Å². The Hall–Kier alpha value is -3.47. The zero-order valence-corrected chi connectivity index (χ0v) is 18.8. The first-order chi connectivity index (χ1) is 15.8. The lowest BCUT2D eigenvalue weighted by atomic mass is 10.1. The second-order valence-electron chi connectivity index (χ2n) is 8.04. The van der Waals surface area contributed by atoms with Crippen molar-refractivity contribution in [1.82, 2.24) is 20.4 Å². The number of ketones is 1. The average molecular weight is 460 g/mol. The average Bonchev–Trinajstić information content (AvgIpc) is 2.80. The molecule has 2 heterocycles. The number of ether oxygens (including phenoxy) is 1. The summed E-state index contributed by atoms with van der Waals surface area (Å²) in [6, 6.07) is 4.42. The van der Waals surface area contributed by atoms with E-state index in [0.29, 0.717) is 24.2 Å². The highest BCUT2D eigenvalue weighted by Crippen LogP contribution is 2.16. The molecule has 0 unspecified atom stereocenters. The molecule has 2 atom stereocenters. The summed E-state index contributed by atoms with van der Waals surface area (Å²) in [6.07, 6.45) is 1.25. The van der Waals surface area contributed by atoms with Gasteiger partial charge in [-0.05, 0) is 44.0 Å². The van der Waals surface area contributed by atoms with Crippen LogP contribution in [-0.4, -0.2) is 91.3 Å². The van der Waals surface area contributed by atoms with Gasteiger partial charge in [-0.3, -0.25) is 19.2 Å². The molecule has 0 aromatic heterocycles. The molecule has 0 bridgehead atoms. The number of carbonyl (C=O) groups excluding carboxylic acids is 5. The van der Waals surface area contributed by atoms with E-state index in [4.69, 9.17) is 4.74 Å². The van der Waals surface area contributed by atoms with Crippen LogP contribution in [-0.2, 0) is 19.1 Å². The number of anilines is 1. The van der Waals surface area contributed by atoms with E-state index in [9.17, 15) is 24.0 Å². The van der Waals surface area contributed by atoms with Gasteiger partial charge in [-0.1, -0.05) is 0 Å². The maximum atomic E-state index is 13.0. The standard InChI is InChI=1S/C22H29N5O6/c1-14(28)15-5-7-16(8-6-15)24-22(32)26-10-11-27(19(29)13-33-2)18(12-26)21(31)25-17-4-3-9-23-20(17)30/h5-8,17-18H,3-4,9-13H2,1-2H3,(H,23,30)(H,24,32)(H,25,31)/t17-,18-/m0/s1. The molecular formula is C22H29N5O6. The van der Waals surface area contributed by atoms with Crippen LogP contribution in [0.5, 0.6) is 0 Å². The number of piperidine rings is 1. The molecule has 0 radical (unpaired) electrons. The molecule has 2 aliphatic rings. The van der Waals surface area contributed by atoms with E-state index >= 15 is 0 Å². The van der Waals surface area contributed by atoms with Crippen LogP contribution >= 0.6 is 0 Å². The molecule has 2 aliphatic heterocycles. The number of hydrogen-bond donors (Lipinski definition) is 3. The third-order valence-electron chi connectivity index (χ3n) is 5.70. The van der Waals surface area contributed by atoms with E-state index in [1.165, 1.54) is 23.8 Å². The van der Waals surface area contributed by atoms with Gasteiger partial charge in [-0.25, -0.2) is 4.79 Å². The van der Waals surface area contributed by atoms with Crippen molar-refractivity contribution in [3.8, 4) is 0 Å². The predicted octanol–water partition coefficient (Wildman–Crippen LogP) is -0.0249. The Morgan fingerprint density at radius 2 is 1.88 bits per heavy atom. The fraction of sp³-hybridized carbons (Fsp3) is 0.500. The quantitative estimate of drug-likeness (QED) is 0.511. The topological polar surface area (TPSA) is 137 Å². The minimum absolute atomic E-state index is 0.0347. The second-order valence-corrected chi connectivity index (χ2v) is 8.04. The fourth-order valence-corrected chi connectivity index (χ4v) is 3.87. The van der Waals surface area contributed by atoms with Crippen LogP contribution in [0.2, 0.25) is 0 Å². The van der Waals surface area contributed by atoms with Crippen LogP contribution in [0.3, 0.4) is 0 Å². The molecule has 5 amide bonds. The van der Waals surface area contributed by atoms with Gasteiger partial charge in [0.2, 0.25) is 17.7 Å². The van der Waals surface area contributed by atoms with Gasteiger partial charge in [-0.2, -0.15) is 0 Å². The summed E-state index contributed by atoms with van der Waals surface area (Å²) in [6.45, 7) is 2.16. The maximum absolute atomic E-state index is 13.0. The van der Waals surface area contributed by atoms with Crippen molar-refractivity contribution >= 4 is 35.2 Å². The fourth-order valence-electron chi connectivity index (χ4n) is 3.87. The van der Waals surface area contributed by atoms with Crippen molar-refractivity contribution in [2.24, 2.45) is 0 Å². The first-order valence-corrected chi connectivity index (χ1v) is 10.8. The van der Waals surface area contributed by atoms with Crippen LogP contribution in [0, 0.1) is 0 Å². The molecule has 33 heavy (non-hydrogen) atoms. The molecule has 0 aliphatic carbocycles. The lowest BCUT2D eigenvalue weighted by molar-refractivity contribution is -0.146. The van der Waals surface area contributed by atoms with Crippen molar-refractivity contribution in [2.45, 2.75) is 31.8 Å². The molecule has 1 aromatic rings. The number of hydrogen-bond acceptors (Lipinski definition) is 6. The Morgan fingerprint density at radius 3 is 2.52 bits per heavy atom. The number of amides is 5. The number of rotatable bonds is 6. The molecule has 11 heteroatoms. The number of benzene rings is 1. The molecule has 1 aromatic carbocycles. The summed E-state index contributed by atoms with van der Waals surface area (Å²) in [5.41, 5.74) is 1.03. The number of nitrogens with one attached hydrogen (secondary N) is 3. The summed E-state index contributed by atoms with van der Waals surface area (Å²) in [5.74, 6) is -1.20. The van der Waals surface area contributed by atoms with Crippen LogP contribution in [0.4, 0.5) is 10.5 Å². The smallest absolute Gasteiger partial charge is 0.321 e. The molecule has 3 rings (SSSR count). The van der Waals surface area contributed by atoms with Gasteiger partial charge in [0.05, 0.1) is 6.54 Å². The number of urea groups is 1. The third-order valence-corrected chi connectivity index (χ3v) is 5.70. The van der Waals surface area contributed by atoms with Crippen molar-refractivity contribution < 1.29 is 28.7 Å². The normalized spacial score (nSPS) is 20.6. The predicted molar refractivity (Wildman–Crippen MR) is 119 cm³/mol. The molecule has 2 fully saturated rings. The van der Waals surface area contributed by atoms with E-state index in [1.54, 1.807) is 24.3 Å². The highest BCUT2D eigenvalue weighted by atomic mass is 16.5. The Bertz CT molecular complexity index is 918. The molecular weight excluding hydrogens is 430 g/mol. The summed E-state index contributed by atoms with van der Waals surface area (Å²) < 4.78 is 4.93. The Balaban J connectivity index is 1.69. The first-order valence-electron chi connectivity index (χ1n) is 10.8. The molecule has 3 N–H and O–H groups in total. The van der Waals surface area contributed by atoms with Crippen LogP contribution in [0.25, 0.3) is 0 Å². The highest BCUT2D eigenvalue weighted by Gasteiger charge is 2.38. The number of Topliss-reactive ketones (excluding diaryl/α,β-unsaturated/α-hetero) is 1. The van der Waals surface area contributed by atoms with Crippen molar-refractivity contribution in [3.63, 3.8) is 0 Å². The molecule has 0 saturated carbocycles. The van der Waals surface area contributed by atoms with E-state index < -0.39 is 24.0 Å². The number of nitrogens with zero attached hydrogens (tertiary/aromatic N) is 2. The van der Waals surface area contributed by atoms with Gasteiger partial charge in [0.15, 0.2) is 5.78 Å². The van der Waals surface area contributed by atoms with Crippen molar-refractivity contribution in [3.05, 3.63) is 29.8 Å². The highest BCUT2D eigenvalue weighted by molar-refractivity contribution is 5.96. The molecule has 11 nitrogen and oxygen atoms in total. The van der Waals surface area contributed by atoms with Crippen LogP contribution in [0.15, 0.2) is 24.3 Å². The minimum atomic E-state index is -0.957. The SMILES string of the molecule is COCC(=O)N1CCN(C(=O)Nc2ccc(C(C)=O)cc2)C[C@H]1C(=O)N[C@H]1CCCNC1=O. The second kappa shape index (κ2) is 10.9. The van der Waals surface area contributed by atoms with Crippen molar-refractivity contribution in [1.29, 1.82) is 0 Å². The molecule has 178 valence electrons. The number of carbonyl (C=O) groups is 5. The minimum Gasteiger partial charge on any atom is -0.375 e. The van der Waals surface area contributed by atoms with Gasteiger partial charge < -0.3 is 30.5 Å². The lowest BCUT2D eigenvalue weighted by Crippen LogP contribution is -2.64. The van der Waals surface area contributed by atoms with E-state index in [-0.39, 0.29) is 43.8 Å². The zero-order valence-electron chi connectivity index (χ0n) is 18.8. The summed E-state index contributed by atoms with van der Waals surface area (Å²) in [7, 11) is 1.39. The van der Waals surface area contributed by atoms with E-state index in [1.807, 2.05) is 0 Å². The first kappa shape index (κ1) is 24.2. The van der Waals surface area contributed by atoms with Gasteiger partial charge in [0.25, 0.3) is 0 Å². The largest absolute Gasteiger partial charge is 0.375 e. The number of methoxy groups -OCH3 is 1. The monoisotopic (exact) mass is 459 g/mol. The van der Waals surface area contributed by atoms with Gasteiger partial charge in [0.1, 0.15) is 18.7 Å². The number of piperazine rings is 1. The Labute approximate surface area is 191 Å². The summed E-state index contributed by atoms with van der Waals surface area (Å²) in [4.78, 5) is 64.7. The van der Waals surface area contributed by atoms with E-state index in [2.05, 4.69) is 16.0 Å².